The van der Waals surface area contributed by atoms with Crippen molar-refractivity contribution < 1.29 is 24.9 Å². The first-order valence-electron chi connectivity index (χ1n) is 8.55. The van der Waals surface area contributed by atoms with Gasteiger partial charge in [-0.3, -0.25) is 9.59 Å². The van der Waals surface area contributed by atoms with Gasteiger partial charge in [-0.05, 0) is 35.9 Å². The first kappa shape index (κ1) is 20.9. The normalized spacial score (nSPS) is 12.1. The Balaban J connectivity index is 2.13. The number of amides is 1. The number of phenols is 2. The second-order valence-corrected chi connectivity index (χ2v) is 6.06. The maximum Gasteiger partial charge on any atom is 0.248 e. The second kappa shape index (κ2) is 9.54. The van der Waals surface area contributed by atoms with Crippen molar-refractivity contribution in [2.24, 2.45) is 5.73 Å². The van der Waals surface area contributed by atoms with Crippen LogP contribution in [0.5, 0.6) is 11.5 Å². The fraction of sp³-hybridized carbons (Fsp3) is 0.200. The summed E-state index contributed by atoms with van der Waals surface area (Å²) in [6, 6.07) is 7.41. The number of nitrogens with one attached hydrogen (secondary N) is 2. The smallest absolute Gasteiger partial charge is 0.248 e. The molecule has 148 valence electrons. The number of aldehydes is 1. The Labute approximate surface area is 162 Å². The molecule has 0 spiro atoms. The molecule has 0 saturated heterocycles. The lowest BCUT2D eigenvalue weighted by Crippen LogP contribution is -2.22. The van der Waals surface area contributed by atoms with E-state index in [0.29, 0.717) is 28.7 Å². The number of carbonyl (C=O) groups is 2. The summed E-state index contributed by atoms with van der Waals surface area (Å²) in [7, 11) is 1.63. The lowest BCUT2D eigenvalue weighted by atomic mass is 9.99. The maximum absolute atomic E-state index is 11.1. The summed E-state index contributed by atoms with van der Waals surface area (Å²) in [5, 5.41) is 36.4. The number of aromatic hydroxyl groups is 2. The molecule has 1 atom stereocenters. The molecule has 0 bridgehead atoms. The Morgan fingerprint density at radius 1 is 1.21 bits per heavy atom. The average molecular weight is 385 g/mol. The van der Waals surface area contributed by atoms with Crippen molar-refractivity contribution in [2.45, 2.75) is 12.6 Å². The molecule has 2 rings (SSSR count). The number of primary amides is 1. The van der Waals surface area contributed by atoms with Gasteiger partial charge in [0.25, 0.3) is 0 Å². The van der Waals surface area contributed by atoms with Gasteiger partial charge in [0.2, 0.25) is 5.91 Å². The summed E-state index contributed by atoms with van der Waals surface area (Å²) in [6.45, 7) is 0.394. The molecule has 0 radical (unpaired) electrons. The van der Waals surface area contributed by atoms with E-state index in [2.05, 4.69) is 10.6 Å². The molecule has 2 aromatic carbocycles. The Morgan fingerprint density at radius 2 is 1.96 bits per heavy atom. The summed E-state index contributed by atoms with van der Waals surface area (Å²) in [5.74, 6) is -0.708. The summed E-state index contributed by atoms with van der Waals surface area (Å²) >= 11 is 0. The monoisotopic (exact) mass is 385 g/mol. The number of hydrogen-bond donors (Lipinski definition) is 6. The maximum atomic E-state index is 11.1. The highest BCUT2D eigenvalue weighted by Crippen LogP contribution is 2.34. The van der Waals surface area contributed by atoms with Crippen LogP contribution < -0.4 is 16.4 Å². The Bertz CT molecular complexity index is 896. The topological polar surface area (TPSA) is 145 Å². The van der Waals surface area contributed by atoms with Gasteiger partial charge in [-0.2, -0.15) is 0 Å². The van der Waals surface area contributed by atoms with E-state index in [0.717, 1.165) is 0 Å². The van der Waals surface area contributed by atoms with Gasteiger partial charge in [0.05, 0.1) is 11.8 Å². The van der Waals surface area contributed by atoms with Crippen molar-refractivity contribution in [2.75, 3.05) is 18.9 Å². The van der Waals surface area contributed by atoms with Gasteiger partial charge < -0.3 is 31.7 Å². The highest BCUT2D eigenvalue weighted by molar-refractivity contribution is 5.93. The highest BCUT2D eigenvalue weighted by atomic mass is 16.3. The number of aliphatic hydroxyl groups is 1. The third-order valence-corrected chi connectivity index (χ3v) is 4.23. The molecule has 8 nitrogen and oxygen atoms in total. The van der Waals surface area contributed by atoms with E-state index in [1.54, 1.807) is 19.2 Å². The fourth-order valence-electron chi connectivity index (χ4n) is 2.81. The predicted molar refractivity (Wildman–Crippen MR) is 106 cm³/mol. The van der Waals surface area contributed by atoms with E-state index in [-0.39, 0.29) is 30.2 Å². The molecule has 0 heterocycles. The number of allylic oxidation sites excluding steroid dienone is 1. The van der Waals surface area contributed by atoms with Crippen molar-refractivity contribution in [3.05, 3.63) is 58.7 Å². The molecule has 0 aliphatic carbocycles. The Hall–Kier alpha value is -3.36. The van der Waals surface area contributed by atoms with Gasteiger partial charge >= 0.3 is 0 Å². The van der Waals surface area contributed by atoms with Crippen LogP contribution in [0.1, 0.15) is 33.2 Å². The third kappa shape index (κ3) is 4.87. The van der Waals surface area contributed by atoms with Crippen molar-refractivity contribution in [1.82, 2.24) is 5.32 Å². The number of anilines is 1. The first-order chi connectivity index (χ1) is 13.4. The van der Waals surface area contributed by atoms with Crippen LogP contribution >= 0.6 is 0 Å². The van der Waals surface area contributed by atoms with Crippen LogP contribution in [0.4, 0.5) is 5.69 Å². The number of benzene rings is 2. The molecule has 0 aliphatic rings. The second-order valence-electron chi connectivity index (χ2n) is 6.06. The molecule has 0 fully saturated rings. The van der Waals surface area contributed by atoms with Gasteiger partial charge in [-0.1, -0.05) is 12.1 Å². The van der Waals surface area contributed by atoms with Gasteiger partial charge in [0.15, 0.2) is 0 Å². The van der Waals surface area contributed by atoms with Gasteiger partial charge in [0.1, 0.15) is 17.8 Å². The van der Waals surface area contributed by atoms with Crippen LogP contribution in [0.2, 0.25) is 0 Å². The van der Waals surface area contributed by atoms with Gasteiger partial charge in [-0.15, -0.1) is 0 Å². The van der Waals surface area contributed by atoms with Crippen LogP contribution in [0, 0.1) is 0 Å². The number of aliphatic hydroxyl groups excluding tert-OH is 1. The molecule has 28 heavy (non-hydrogen) atoms. The van der Waals surface area contributed by atoms with Gasteiger partial charge in [-0.25, -0.2) is 0 Å². The minimum atomic E-state index is -0.939. The molecule has 7 N–H and O–H groups in total. The molecular weight excluding hydrogens is 362 g/mol. The zero-order valence-corrected chi connectivity index (χ0v) is 15.3. The lowest BCUT2D eigenvalue weighted by molar-refractivity contribution is -0.104. The molecule has 2 aromatic rings. The summed E-state index contributed by atoms with van der Waals surface area (Å²) in [5.41, 5.74) is 7.33. The Kier molecular flexibility index (Phi) is 7.14. The summed E-state index contributed by atoms with van der Waals surface area (Å²) in [4.78, 5) is 21.8. The number of hydrogen-bond acceptors (Lipinski definition) is 7. The van der Waals surface area contributed by atoms with Crippen LogP contribution in [-0.4, -0.2) is 41.1 Å². The van der Waals surface area contributed by atoms with Gasteiger partial charge in [0, 0.05) is 36.8 Å². The summed E-state index contributed by atoms with van der Waals surface area (Å²) < 4.78 is 0. The van der Waals surface area contributed by atoms with E-state index in [9.17, 15) is 24.9 Å². The third-order valence-electron chi connectivity index (χ3n) is 4.23. The quantitative estimate of drug-likeness (QED) is 0.217. The van der Waals surface area contributed by atoms with Crippen LogP contribution in [0.3, 0.4) is 0 Å². The average Bonchev–Trinajstić information content (AvgIpc) is 2.67. The zero-order chi connectivity index (χ0) is 20.7. The minimum Gasteiger partial charge on any atom is -0.508 e. The van der Waals surface area contributed by atoms with Crippen molar-refractivity contribution in [1.29, 1.82) is 0 Å². The highest BCUT2D eigenvalue weighted by Gasteiger charge is 2.16. The van der Waals surface area contributed by atoms with E-state index in [1.165, 1.54) is 30.4 Å². The largest absolute Gasteiger partial charge is 0.508 e. The number of phenolic OH excluding ortho intramolecular Hbond substituents is 2. The molecule has 0 aromatic heterocycles. The van der Waals surface area contributed by atoms with Crippen molar-refractivity contribution in [3.8, 4) is 11.5 Å². The SMILES string of the molecule is CNc1c(O)ccc([C@@H](O)CNCc2ccc(C(N)=O)cc2O)c1/C=C\C=O. The fourth-order valence-corrected chi connectivity index (χ4v) is 2.81. The van der Waals surface area contributed by atoms with E-state index in [1.807, 2.05) is 0 Å². The number of rotatable bonds is 9. The van der Waals surface area contributed by atoms with Crippen molar-refractivity contribution >= 4 is 24.0 Å². The van der Waals surface area contributed by atoms with Crippen LogP contribution in [-0.2, 0) is 11.3 Å². The molecule has 1 amide bonds. The molecule has 0 aliphatic heterocycles. The first-order valence-corrected chi connectivity index (χ1v) is 8.55. The van der Waals surface area contributed by atoms with E-state index < -0.39 is 12.0 Å². The van der Waals surface area contributed by atoms with Crippen molar-refractivity contribution in [3.63, 3.8) is 0 Å². The molecule has 0 saturated carbocycles. The van der Waals surface area contributed by atoms with Crippen LogP contribution in [0.25, 0.3) is 6.08 Å². The van der Waals surface area contributed by atoms with E-state index >= 15 is 0 Å². The molecular formula is C20H23N3O5. The zero-order valence-electron chi connectivity index (χ0n) is 15.3. The summed E-state index contributed by atoms with van der Waals surface area (Å²) in [6.07, 6.45) is 2.45. The number of nitrogens with two attached hydrogens (primary N) is 1. The lowest BCUT2D eigenvalue weighted by Gasteiger charge is -2.18. The molecule has 8 heteroatoms. The molecule has 0 unspecified atom stereocenters. The van der Waals surface area contributed by atoms with E-state index in [4.69, 9.17) is 5.73 Å². The van der Waals surface area contributed by atoms with Crippen LogP contribution in [0.15, 0.2) is 36.4 Å². The predicted octanol–water partition coefficient (Wildman–Crippen LogP) is 1.27. The minimum absolute atomic E-state index is 0.00331. The Morgan fingerprint density at radius 3 is 2.57 bits per heavy atom. The standard InChI is InChI=1S/C20H23N3O5/c1-22-19-15(3-2-8-24)14(6-7-16(19)25)18(27)11-23-10-13-5-4-12(20(21)28)9-17(13)26/h2-9,18,22-23,25-27H,10-11H2,1H3,(H2,21,28)/b3-2-/t18-/m0/s1. The number of carbonyl (C=O) groups excluding carboxylic acids is 2.